The molecule has 0 aromatic heterocycles. The predicted octanol–water partition coefficient (Wildman–Crippen LogP) is 4.54. The fraction of sp³-hybridized carbons (Fsp3) is 0.600. The fourth-order valence-electron chi connectivity index (χ4n) is 2.46. The Morgan fingerprint density at radius 3 is 2.16 bits per heavy atom. The third-order valence-corrected chi connectivity index (χ3v) is 4.08. The van der Waals surface area contributed by atoms with Gasteiger partial charge in [0, 0.05) is 6.07 Å². The number of ketones is 1. The summed E-state index contributed by atoms with van der Waals surface area (Å²) in [4.78, 5) is 23.1. The second-order valence-electron chi connectivity index (χ2n) is 6.37. The number of aliphatic carboxylic acids is 1. The monoisotopic (exact) mass is 350 g/mol. The number of hydrogen-bond donors (Lipinski definition) is 1. The average Bonchev–Trinajstić information content (AvgIpc) is 2.57. The predicted molar refractivity (Wildman–Crippen MR) is 97.4 cm³/mol. The maximum absolute atomic E-state index is 11.8. The van der Waals surface area contributed by atoms with E-state index in [4.69, 9.17) is 9.47 Å². The van der Waals surface area contributed by atoms with Crippen molar-refractivity contribution in [1.29, 1.82) is 0 Å². The summed E-state index contributed by atoms with van der Waals surface area (Å²) in [6.07, 6.45) is 3.38. The lowest BCUT2D eigenvalue weighted by molar-refractivity contribution is -0.145. The van der Waals surface area contributed by atoms with Gasteiger partial charge in [-0.1, -0.05) is 32.8 Å². The number of aryl methyl sites for hydroxylation is 1. The van der Waals surface area contributed by atoms with Gasteiger partial charge in [-0.15, -0.1) is 0 Å². The zero-order valence-electron chi connectivity index (χ0n) is 15.7. The third kappa shape index (κ3) is 7.16. The van der Waals surface area contributed by atoms with Crippen LogP contribution >= 0.6 is 0 Å². The van der Waals surface area contributed by atoms with Crippen molar-refractivity contribution < 1.29 is 24.2 Å². The molecule has 0 radical (unpaired) electrons. The first-order chi connectivity index (χ1) is 11.9. The molecule has 5 heteroatoms. The van der Waals surface area contributed by atoms with Crippen LogP contribution in [0.25, 0.3) is 0 Å². The van der Waals surface area contributed by atoms with Gasteiger partial charge in [0.15, 0.2) is 18.0 Å². The number of ether oxygens (including phenoxy) is 2. The van der Waals surface area contributed by atoms with Crippen molar-refractivity contribution in [1.82, 2.24) is 0 Å². The van der Waals surface area contributed by atoms with Crippen LogP contribution in [0.4, 0.5) is 0 Å². The first-order valence-corrected chi connectivity index (χ1v) is 9.06. The van der Waals surface area contributed by atoms with Crippen molar-refractivity contribution in [2.45, 2.75) is 78.4 Å². The van der Waals surface area contributed by atoms with E-state index >= 15 is 0 Å². The van der Waals surface area contributed by atoms with Crippen LogP contribution in [0.5, 0.6) is 11.5 Å². The third-order valence-electron chi connectivity index (χ3n) is 4.08. The largest absolute Gasteiger partial charge is 0.483 e. The van der Waals surface area contributed by atoms with Gasteiger partial charge in [-0.3, -0.25) is 4.79 Å². The fourth-order valence-corrected chi connectivity index (χ4v) is 2.46. The van der Waals surface area contributed by atoms with Crippen LogP contribution in [0.1, 0.15) is 64.9 Å². The number of rotatable bonds is 12. The maximum Gasteiger partial charge on any atom is 0.344 e. The van der Waals surface area contributed by atoms with Gasteiger partial charge >= 0.3 is 5.97 Å². The highest BCUT2D eigenvalue weighted by atomic mass is 16.5. The van der Waals surface area contributed by atoms with E-state index in [1.54, 1.807) is 12.1 Å². The Balaban J connectivity index is 2.90. The first-order valence-electron chi connectivity index (χ1n) is 9.06. The zero-order chi connectivity index (χ0) is 18.8. The molecule has 0 amide bonds. The van der Waals surface area contributed by atoms with E-state index in [0.29, 0.717) is 24.3 Å². The lowest BCUT2D eigenvalue weighted by Crippen LogP contribution is -2.27. The molecule has 25 heavy (non-hydrogen) atoms. The van der Waals surface area contributed by atoms with E-state index in [9.17, 15) is 14.7 Å². The van der Waals surface area contributed by atoms with Crippen molar-refractivity contribution >= 4 is 11.8 Å². The highest BCUT2D eigenvalue weighted by molar-refractivity contribution is 5.80. The quantitative estimate of drug-likeness (QED) is 0.599. The van der Waals surface area contributed by atoms with Crippen LogP contribution < -0.4 is 9.47 Å². The number of hydrogen-bond acceptors (Lipinski definition) is 4. The van der Waals surface area contributed by atoms with Crippen molar-refractivity contribution in [2.24, 2.45) is 0 Å². The summed E-state index contributed by atoms with van der Waals surface area (Å²) in [5.41, 5.74) is 0.836. The number of carboxylic acid groups (broad SMARTS) is 1. The van der Waals surface area contributed by atoms with Crippen molar-refractivity contribution in [3.05, 3.63) is 23.8 Å². The van der Waals surface area contributed by atoms with Gasteiger partial charge < -0.3 is 14.6 Å². The molecule has 0 bridgehead atoms. The minimum absolute atomic E-state index is 0.0112. The van der Waals surface area contributed by atoms with Gasteiger partial charge in [-0.25, -0.2) is 4.79 Å². The number of carboxylic acids is 1. The Morgan fingerprint density at radius 1 is 1.04 bits per heavy atom. The molecule has 0 spiro atoms. The van der Waals surface area contributed by atoms with Crippen molar-refractivity contribution in [3.63, 3.8) is 0 Å². The Bertz CT molecular complexity index is 567. The van der Waals surface area contributed by atoms with Crippen LogP contribution in [0, 0.1) is 6.92 Å². The standard InChI is InChI=1S/C20H30O5/c1-5-7-9-17(15(4)21)24-16-12-11-14(3)19(13-16)25-18(20(22)23)10-8-6-2/h11-13,17-18H,5-10H2,1-4H3,(H,22,23). The number of Topliss-reactive ketones (excluding diaryl/α,β-unsaturated/α-hetero) is 1. The lowest BCUT2D eigenvalue weighted by Gasteiger charge is -2.20. The minimum Gasteiger partial charge on any atom is -0.483 e. The van der Waals surface area contributed by atoms with Crippen LogP contribution in [0.2, 0.25) is 0 Å². The second-order valence-corrected chi connectivity index (χ2v) is 6.37. The normalized spacial score (nSPS) is 13.1. The molecule has 0 heterocycles. The summed E-state index contributed by atoms with van der Waals surface area (Å²) >= 11 is 0. The van der Waals surface area contributed by atoms with E-state index in [1.165, 1.54) is 6.92 Å². The minimum atomic E-state index is -0.969. The van der Waals surface area contributed by atoms with Gasteiger partial charge in [-0.05, 0) is 51.2 Å². The van der Waals surface area contributed by atoms with Gasteiger partial charge in [0.25, 0.3) is 0 Å². The molecule has 1 N–H and O–H groups in total. The van der Waals surface area contributed by atoms with Crippen molar-refractivity contribution in [3.8, 4) is 11.5 Å². The van der Waals surface area contributed by atoms with Crippen LogP contribution in [-0.2, 0) is 9.59 Å². The summed E-state index contributed by atoms with van der Waals surface area (Å²) < 4.78 is 11.5. The zero-order valence-corrected chi connectivity index (χ0v) is 15.7. The SMILES string of the molecule is CCCCC(Oc1ccc(C)c(OC(CCCC)C(=O)O)c1)C(C)=O. The maximum atomic E-state index is 11.8. The second kappa shape index (κ2) is 10.7. The molecule has 1 rings (SSSR count). The van der Waals surface area contributed by atoms with Gasteiger partial charge in [0.2, 0.25) is 0 Å². The number of carbonyl (C=O) groups excluding carboxylic acids is 1. The molecule has 140 valence electrons. The highest BCUT2D eigenvalue weighted by Gasteiger charge is 2.21. The van der Waals surface area contributed by atoms with E-state index in [1.807, 2.05) is 19.9 Å². The van der Waals surface area contributed by atoms with Gasteiger partial charge in [0.1, 0.15) is 11.5 Å². The molecule has 0 aliphatic rings. The summed E-state index contributed by atoms with van der Waals surface area (Å²) in [6, 6.07) is 5.28. The average molecular weight is 350 g/mol. The molecule has 1 aromatic rings. The Kier molecular flexibility index (Phi) is 9.03. The molecule has 5 nitrogen and oxygen atoms in total. The summed E-state index contributed by atoms with van der Waals surface area (Å²) in [5, 5.41) is 9.34. The lowest BCUT2D eigenvalue weighted by atomic mass is 10.1. The number of carbonyl (C=O) groups is 2. The molecule has 0 aliphatic heterocycles. The molecule has 2 unspecified atom stereocenters. The summed E-state index contributed by atoms with van der Waals surface area (Å²) in [5.74, 6) is 0.0295. The smallest absolute Gasteiger partial charge is 0.344 e. The van der Waals surface area contributed by atoms with Gasteiger partial charge in [0.05, 0.1) is 0 Å². The van der Waals surface area contributed by atoms with Crippen LogP contribution in [-0.4, -0.2) is 29.1 Å². The Labute approximate surface area is 150 Å². The topological polar surface area (TPSA) is 72.8 Å². The summed E-state index contributed by atoms with van der Waals surface area (Å²) in [7, 11) is 0. The molecule has 1 aromatic carbocycles. The molecule has 0 saturated heterocycles. The summed E-state index contributed by atoms with van der Waals surface area (Å²) in [6.45, 7) is 7.46. The van der Waals surface area contributed by atoms with E-state index in [-0.39, 0.29) is 5.78 Å². The number of benzene rings is 1. The van der Waals surface area contributed by atoms with Crippen molar-refractivity contribution in [2.75, 3.05) is 0 Å². The molecule has 2 atom stereocenters. The Morgan fingerprint density at radius 2 is 1.64 bits per heavy atom. The molecule has 0 saturated carbocycles. The van der Waals surface area contributed by atoms with E-state index in [2.05, 4.69) is 6.92 Å². The molecular formula is C20H30O5. The molecule has 0 aliphatic carbocycles. The van der Waals surface area contributed by atoms with Gasteiger partial charge in [-0.2, -0.15) is 0 Å². The molecule has 0 fully saturated rings. The first kappa shape index (κ1) is 21.0. The molecular weight excluding hydrogens is 320 g/mol. The van der Waals surface area contributed by atoms with Crippen LogP contribution in [0.3, 0.4) is 0 Å². The number of unbranched alkanes of at least 4 members (excludes halogenated alkanes) is 2. The Hall–Kier alpha value is -2.04. The van der Waals surface area contributed by atoms with Crippen LogP contribution in [0.15, 0.2) is 18.2 Å². The van der Waals surface area contributed by atoms with E-state index in [0.717, 1.165) is 31.2 Å². The highest BCUT2D eigenvalue weighted by Crippen LogP contribution is 2.27. The van der Waals surface area contributed by atoms with E-state index < -0.39 is 18.2 Å².